The molecule has 2 heterocycles. The molecular weight excluding hydrogens is 226 g/mol. The molecule has 1 saturated heterocycles. The third-order valence-electron chi connectivity index (χ3n) is 3.39. The van der Waals surface area contributed by atoms with Crippen LogP contribution in [-0.4, -0.2) is 28.1 Å². The minimum absolute atomic E-state index is 0.445. The molecule has 1 aromatic carbocycles. The summed E-state index contributed by atoms with van der Waals surface area (Å²) in [4.78, 5) is 2.41. The molecule has 1 aliphatic heterocycles. The molecule has 5 nitrogen and oxygen atoms in total. The highest BCUT2D eigenvalue weighted by atomic mass is 15.4. The van der Waals surface area contributed by atoms with Crippen molar-refractivity contribution >= 4 is 5.69 Å². The van der Waals surface area contributed by atoms with Gasteiger partial charge in [-0.25, -0.2) is 4.68 Å². The molecule has 0 aliphatic carbocycles. The predicted octanol–water partition coefficient (Wildman–Crippen LogP) is 1.33. The van der Waals surface area contributed by atoms with Crippen molar-refractivity contribution in [3.8, 4) is 5.69 Å². The second-order valence-corrected chi connectivity index (χ2v) is 4.55. The smallest absolute Gasteiger partial charge is 0.0781 e. The van der Waals surface area contributed by atoms with Crippen LogP contribution in [0.3, 0.4) is 0 Å². The van der Waals surface area contributed by atoms with Gasteiger partial charge in [-0.15, -0.1) is 5.10 Å². The lowest BCUT2D eigenvalue weighted by Crippen LogP contribution is -2.17. The number of aromatic nitrogens is 3. The number of hydrogen-bond donors (Lipinski definition) is 1. The van der Waals surface area contributed by atoms with Crippen LogP contribution in [0, 0.1) is 0 Å². The molecule has 0 atom stereocenters. The number of anilines is 1. The Morgan fingerprint density at radius 3 is 2.39 bits per heavy atom. The van der Waals surface area contributed by atoms with E-state index < -0.39 is 0 Å². The molecule has 2 N–H and O–H groups in total. The zero-order valence-electron chi connectivity index (χ0n) is 10.3. The summed E-state index contributed by atoms with van der Waals surface area (Å²) in [5, 5.41) is 7.95. The topological polar surface area (TPSA) is 60.0 Å². The quantitative estimate of drug-likeness (QED) is 0.883. The first-order chi connectivity index (χ1) is 8.88. The first kappa shape index (κ1) is 11.2. The SMILES string of the molecule is NCc1cnnn1-c1ccc(N2CCCC2)cc1. The van der Waals surface area contributed by atoms with Gasteiger partial charge < -0.3 is 10.6 Å². The highest BCUT2D eigenvalue weighted by Gasteiger charge is 2.12. The van der Waals surface area contributed by atoms with Gasteiger partial charge in [0.2, 0.25) is 0 Å². The zero-order valence-corrected chi connectivity index (χ0v) is 10.3. The van der Waals surface area contributed by atoms with Crippen molar-refractivity contribution in [1.82, 2.24) is 15.0 Å². The van der Waals surface area contributed by atoms with Crippen molar-refractivity contribution < 1.29 is 0 Å². The number of nitrogens with zero attached hydrogens (tertiary/aromatic N) is 4. The van der Waals surface area contributed by atoms with E-state index in [4.69, 9.17) is 5.73 Å². The van der Waals surface area contributed by atoms with Crippen LogP contribution < -0.4 is 10.6 Å². The summed E-state index contributed by atoms with van der Waals surface area (Å²) < 4.78 is 1.79. The van der Waals surface area contributed by atoms with Crippen molar-refractivity contribution in [3.05, 3.63) is 36.2 Å². The maximum atomic E-state index is 5.65. The number of benzene rings is 1. The molecule has 5 heteroatoms. The van der Waals surface area contributed by atoms with Gasteiger partial charge >= 0.3 is 0 Å². The maximum absolute atomic E-state index is 5.65. The minimum Gasteiger partial charge on any atom is -0.372 e. The maximum Gasteiger partial charge on any atom is 0.0781 e. The monoisotopic (exact) mass is 243 g/mol. The molecule has 1 aromatic heterocycles. The van der Waals surface area contributed by atoms with E-state index in [-0.39, 0.29) is 0 Å². The van der Waals surface area contributed by atoms with Crippen LogP contribution in [0.25, 0.3) is 5.69 Å². The fourth-order valence-corrected chi connectivity index (χ4v) is 2.39. The van der Waals surface area contributed by atoms with Crippen molar-refractivity contribution in [1.29, 1.82) is 0 Å². The van der Waals surface area contributed by atoms with Crippen LogP contribution in [0.1, 0.15) is 18.5 Å². The van der Waals surface area contributed by atoms with E-state index in [0.29, 0.717) is 6.54 Å². The Kier molecular flexibility index (Phi) is 2.98. The second kappa shape index (κ2) is 4.78. The molecule has 0 bridgehead atoms. The molecule has 1 aliphatic rings. The summed E-state index contributed by atoms with van der Waals surface area (Å²) in [6.45, 7) is 2.77. The average molecular weight is 243 g/mol. The Morgan fingerprint density at radius 1 is 1.06 bits per heavy atom. The summed E-state index contributed by atoms with van der Waals surface area (Å²) in [6, 6.07) is 8.42. The van der Waals surface area contributed by atoms with E-state index in [1.165, 1.54) is 18.5 Å². The van der Waals surface area contributed by atoms with Crippen LogP contribution in [0.4, 0.5) is 5.69 Å². The fourth-order valence-electron chi connectivity index (χ4n) is 2.39. The summed E-state index contributed by atoms with van der Waals surface area (Å²) in [5.74, 6) is 0. The molecule has 0 radical (unpaired) electrons. The van der Waals surface area contributed by atoms with Gasteiger partial charge in [0.15, 0.2) is 0 Å². The van der Waals surface area contributed by atoms with Crippen LogP contribution in [0.5, 0.6) is 0 Å². The molecule has 0 saturated carbocycles. The summed E-state index contributed by atoms with van der Waals surface area (Å²) in [6.07, 6.45) is 4.29. The largest absolute Gasteiger partial charge is 0.372 e. The molecule has 3 rings (SSSR count). The van der Waals surface area contributed by atoms with Crippen LogP contribution in [-0.2, 0) is 6.54 Å². The van der Waals surface area contributed by atoms with Crippen LogP contribution in [0.15, 0.2) is 30.5 Å². The highest BCUT2D eigenvalue weighted by molar-refractivity contribution is 5.51. The van der Waals surface area contributed by atoms with Gasteiger partial charge in [0.05, 0.1) is 17.6 Å². The lowest BCUT2D eigenvalue weighted by atomic mass is 10.2. The lowest BCUT2D eigenvalue weighted by Gasteiger charge is -2.17. The Bertz CT molecular complexity index is 510. The first-order valence-corrected chi connectivity index (χ1v) is 6.33. The van der Waals surface area contributed by atoms with Crippen LogP contribution in [0.2, 0.25) is 0 Å². The molecule has 94 valence electrons. The molecule has 18 heavy (non-hydrogen) atoms. The molecule has 0 amide bonds. The van der Waals surface area contributed by atoms with E-state index >= 15 is 0 Å². The Hall–Kier alpha value is -1.88. The van der Waals surface area contributed by atoms with E-state index in [0.717, 1.165) is 24.5 Å². The number of rotatable bonds is 3. The van der Waals surface area contributed by atoms with Crippen molar-refractivity contribution in [3.63, 3.8) is 0 Å². The molecule has 0 unspecified atom stereocenters. The van der Waals surface area contributed by atoms with Gasteiger partial charge in [-0.05, 0) is 37.1 Å². The van der Waals surface area contributed by atoms with Crippen molar-refractivity contribution in [2.24, 2.45) is 5.73 Å². The fraction of sp³-hybridized carbons (Fsp3) is 0.385. The predicted molar refractivity (Wildman–Crippen MR) is 70.7 cm³/mol. The van der Waals surface area contributed by atoms with Gasteiger partial charge in [0.1, 0.15) is 0 Å². The van der Waals surface area contributed by atoms with Crippen molar-refractivity contribution in [2.75, 3.05) is 18.0 Å². The summed E-state index contributed by atoms with van der Waals surface area (Å²) >= 11 is 0. The molecular formula is C13H17N5. The Labute approximate surface area is 106 Å². The third-order valence-corrected chi connectivity index (χ3v) is 3.39. The molecule has 1 fully saturated rings. The zero-order chi connectivity index (χ0) is 12.4. The summed E-state index contributed by atoms with van der Waals surface area (Å²) in [7, 11) is 0. The van der Waals surface area contributed by atoms with Crippen molar-refractivity contribution in [2.45, 2.75) is 19.4 Å². The molecule has 0 spiro atoms. The highest BCUT2D eigenvalue weighted by Crippen LogP contribution is 2.21. The van der Waals surface area contributed by atoms with Crippen LogP contribution >= 0.6 is 0 Å². The average Bonchev–Trinajstić information content (AvgIpc) is 3.10. The van der Waals surface area contributed by atoms with Gasteiger partial charge in [-0.1, -0.05) is 5.21 Å². The minimum atomic E-state index is 0.445. The number of hydrogen-bond acceptors (Lipinski definition) is 4. The second-order valence-electron chi connectivity index (χ2n) is 4.55. The van der Waals surface area contributed by atoms with Gasteiger partial charge in [-0.2, -0.15) is 0 Å². The van der Waals surface area contributed by atoms with E-state index in [9.17, 15) is 0 Å². The third kappa shape index (κ3) is 1.97. The van der Waals surface area contributed by atoms with E-state index in [2.05, 4.69) is 39.5 Å². The Balaban J connectivity index is 1.86. The first-order valence-electron chi connectivity index (χ1n) is 6.33. The van der Waals surface area contributed by atoms with E-state index in [1.54, 1.807) is 10.9 Å². The van der Waals surface area contributed by atoms with Gasteiger partial charge in [0, 0.05) is 25.3 Å². The van der Waals surface area contributed by atoms with Gasteiger partial charge in [-0.3, -0.25) is 0 Å². The standard InChI is InChI=1S/C13H17N5/c14-9-13-10-15-16-18(13)12-5-3-11(4-6-12)17-7-1-2-8-17/h3-6,10H,1-2,7-9,14H2. The molecule has 2 aromatic rings. The normalized spacial score (nSPS) is 15.3. The summed E-state index contributed by atoms with van der Waals surface area (Å²) in [5.41, 5.74) is 8.87. The van der Waals surface area contributed by atoms with E-state index in [1.807, 2.05) is 0 Å². The van der Waals surface area contributed by atoms with Gasteiger partial charge in [0.25, 0.3) is 0 Å². The lowest BCUT2D eigenvalue weighted by molar-refractivity contribution is 0.761. The Morgan fingerprint density at radius 2 is 1.72 bits per heavy atom. The number of nitrogens with two attached hydrogens (primary N) is 1.